The van der Waals surface area contributed by atoms with Gasteiger partial charge in [-0.3, -0.25) is 38.4 Å². The van der Waals surface area contributed by atoms with Crippen molar-refractivity contribution in [3.05, 3.63) is 114 Å². The number of alkyl halides is 2. The van der Waals surface area contributed by atoms with Crippen LogP contribution in [0.15, 0.2) is 49.1 Å². The number of piperidine rings is 1. The molecular formula is C101H144F2N20O12S4. The Kier molecular flexibility index (Phi) is 35.3. The van der Waals surface area contributed by atoms with Gasteiger partial charge in [-0.1, -0.05) is 20.8 Å². The van der Waals surface area contributed by atoms with Crippen LogP contribution in [0.5, 0.6) is 0 Å². The third kappa shape index (κ3) is 28.8. The number of rotatable bonds is 32. The van der Waals surface area contributed by atoms with Crippen LogP contribution >= 0.6 is 45.3 Å². The Labute approximate surface area is 832 Å². The monoisotopic (exact) mass is 2000 g/mol. The van der Waals surface area contributed by atoms with Crippen molar-refractivity contribution in [1.29, 1.82) is 0 Å². The number of aromatic nitrogens is 8. The van der Waals surface area contributed by atoms with E-state index in [-0.39, 0.29) is 123 Å². The number of fused-ring (bicyclic) bond motifs is 2. The molecule has 0 aromatic carbocycles. The van der Waals surface area contributed by atoms with E-state index in [4.69, 9.17) is 0 Å². The molecule has 14 rings (SSSR count). The SMILES string of the molecule is CCC(C)(C)Nc1cc(C)c(-c2sc(C(=O)NCC(C)(C)O)nc2C(=O)N2CCC[C@@H]2C)cn1.CC[C@@H](C)Nc1cc(C)c(-c2sc(C(=O)NCC(C)(C)O)nc2C(=O)N2CC(F)(F)C[C@@H]2C)cn1.CC[C@@H](C)Nc1cc(C)c(-c2sc(C(=O)NCC(C)(C)O)nc2C(=O)N2CCCC[C@@H]2C)cn1.Cc1cc(NC(C)(C)C2CC2)ncc1-c1sc(C(=O)NCC(C)(C)O)nc1C(=O)N1C2CCC1CC2. The average molecular weight is 2000 g/mol. The highest BCUT2D eigenvalue weighted by Gasteiger charge is 2.48. The molecule has 758 valence electrons. The number of pyridine rings is 4. The number of carbonyl (C=O) groups excluding carboxylic acids is 8. The first kappa shape index (κ1) is 109. The molecule has 12 N–H and O–H groups in total. The maximum atomic E-state index is 14.0. The van der Waals surface area contributed by atoms with E-state index in [1.54, 1.807) is 87.1 Å². The number of hydrogen-bond donors (Lipinski definition) is 12. The zero-order valence-corrected chi connectivity index (χ0v) is 88.4. The minimum atomic E-state index is -2.97. The van der Waals surface area contributed by atoms with Crippen LogP contribution in [-0.2, 0) is 0 Å². The van der Waals surface area contributed by atoms with E-state index in [1.165, 1.54) is 46.9 Å². The topological polar surface area (TPSA) is 430 Å². The van der Waals surface area contributed by atoms with Crippen LogP contribution in [0, 0.1) is 33.6 Å². The van der Waals surface area contributed by atoms with Crippen LogP contribution in [0.4, 0.5) is 32.1 Å². The number of aryl methyl sites for hydroxylation is 4. The van der Waals surface area contributed by atoms with Crippen LogP contribution in [0.2, 0.25) is 0 Å². The summed E-state index contributed by atoms with van der Waals surface area (Å²) in [6.45, 7) is 46.3. The molecule has 5 saturated heterocycles. The Morgan fingerprint density at radius 3 is 1.02 bits per heavy atom. The molecule has 0 radical (unpaired) electrons. The molecule has 5 atom stereocenters. The second-order valence-corrected chi connectivity index (χ2v) is 46.0. The van der Waals surface area contributed by atoms with Crippen molar-refractivity contribution < 1.29 is 67.6 Å². The predicted octanol–water partition coefficient (Wildman–Crippen LogP) is 17.0. The van der Waals surface area contributed by atoms with E-state index in [2.05, 4.69) is 145 Å². The van der Waals surface area contributed by atoms with E-state index in [0.29, 0.717) is 67.3 Å². The number of nitrogens with one attached hydrogen (secondary N) is 8. The summed E-state index contributed by atoms with van der Waals surface area (Å²) in [6, 6.07) is 8.43. The quantitative estimate of drug-likeness (QED) is 0.0186. The summed E-state index contributed by atoms with van der Waals surface area (Å²) in [6.07, 6.45) is 20.9. The lowest BCUT2D eigenvalue weighted by Crippen LogP contribution is -2.42. The lowest BCUT2D eigenvalue weighted by atomic mass is 9.98. The second-order valence-electron chi connectivity index (χ2n) is 42.0. The van der Waals surface area contributed by atoms with Gasteiger partial charge in [0, 0.05) is 146 Å². The van der Waals surface area contributed by atoms with Gasteiger partial charge >= 0.3 is 0 Å². The molecule has 8 aromatic heterocycles. The fraction of sp³-hybridized carbons (Fsp3) is 0.604. The molecule has 8 amide bonds. The fourth-order valence-corrected chi connectivity index (χ4v) is 21.2. The molecule has 6 aliphatic rings. The minimum absolute atomic E-state index is 0.00687. The Hall–Kier alpha value is -10.2. The van der Waals surface area contributed by atoms with Gasteiger partial charge in [0.15, 0.2) is 20.0 Å². The molecule has 38 heteroatoms. The number of amides is 8. The number of thiazole rings is 4. The van der Waals surface area contributed by atoms with Gasteiger partial charge in [0.2, 0.25) is 0 Å². The Bertz CT molecular complexity index is 5720. The van der Waals surface area contributed by atoms with E-state index >= 15 is 0 Å². The molecule has 5 aliphatic heterocycles. The third-order valence-corrected chi connectivity index (χ3v) is 30.4. The highest BCUT2D eigenvalue weighted by Crippen LogP contribution is 2.46. The molecule has 1 saturated carbocycles. The third-order valence-electron chi connectivity index (χ3n) is 26.0. The number of likely N-dealkylation sites (tertiary alicyclic amines) is 3. The van der Waals surface area contributed by atoms with Gasteiger partial charge in [-0.15, -0.1) is 45.3 Å². The first-order chi connectivity index (χ1) is 64.9. The van der Waals surface area contributed by atoms with Crippen molar-refractivity contribution in [2.45, 2.75) is 344 Å². The first-order valence-electron chi connectivity index (χ1n) is 48.6. The van der Waals surface area contributed by atoms with Gasteiger partial charge in [0.1, 0.15) is 46.0 Å². The van der Waals surface area contributed by atoms with Crippen LogP contribution in [-0.4, -0.2) is 255 Å². The van der Waals surface area contributed by atoms with E-state index in [9.17, 15) is 67.6 Å². The Balaban J connectivity index is 0.000000178. The van der Waals surface area contributed by atoms with Crippen LogP contribution in [0.3, 0.4) is 0 Å². The van der Waals surface area contributed by atoms with Crippen LogP contribution in [0.1, 0.15) is 338 Å². The molecule has 13 heterocycles. The zero-order chi connectivity index (χ0) is 102. The van der Waals surface area contributed by atoms with Gasteiger partial charge in [-0.05, 0) is 288 Å². The van der Waals surface area contributed by atoms with E-state index in [1.807, 2.05) is 80.5 Å². The number of halogens is 2. The Morgan fingerprint density at radius 2 is 0.734 bits per heavy atom. The van der Waals surface area contributed by atoms with Crippen molar-refractivity contribution in [3.8, 4) is 41.8 Å². The number of hydrogen-bond acceptors (Lipinski definition) is 28. The summed E-state index contributed by atoms with van der Waals surface area (Å²) in [5.74, 6) is -2.09. The molecule has 32 nitrogen and oxygen atoms in total. The van der Waals surface area contributed by atoms with Gasteiger partial charge in [0.25, 0.3) is 53.2 Å². The smallest absolute Gasteiger partial charge is 0.280 e. The highest BCUT2D eigenvalue weighted by molar-refractivity contribution is 7.18. The summed E-state index contributed by atoms with van der Waals surface area (Å²) in [5.41, 5.74) is 3.14. The molecule has 1 aliphatic carbocycles. The summed E-state index contributed by atoms with van der Waals surface area (Å²) < 4.78 is 28.0. The standard InChI is InChI=1S/C27H37N5O3S.2C25H37N5O3S.C24H33F2N5O3S/c1-15-12-20(31-27(4,5)16-6-7-16)28-13-19(15)22-21(25(34)32-17-8-9-18(32)11-10-17)30-24(36-22)23(33)29-14-26(2,3)35;1-8-24(4,5)29-18-12-15(2)17(13-26-18)20-19(23(32)30-11-9-10-16(30)3)28-22(34-20)21(31)27-14-25(6,7)33;1-7-16(3)28-19-12-15(2)18(13-26-19)21-20(24(32)30-11-9-8-10-17(30)4)29-23(34-21)22(31)27-14-25(5,6)33;1-7-14(3)29-17-8-13(2)16(10-27-17)19-18(22(33)31-12-24(25,26)9-15(31)4)30-21(35-19)20(32)28-11-23(5,6)34/h12-13,16-18,35H,6-11,14H2,1-5H3,(H,28,31)(H,29,33);12-13,16,33H,8-11,14H2,1-7H3,(H,26,29)(H,27,31);12-13,16-17,33H,7-11,14H2,1-6H3,(H,26,28)(H,27,31);8,10,14-15,34H,7,9,11-12H2,1-6H3,(H,27,29)(H,28,32)/t;16-;16-,17+;14-,15+/m.011/s1. The number of anilines is 4. The first-order valence-corrected chi connectivity index (χ1v) is 51.9. The molecule has 6 fully saturated rings. The summed E-state index contributed by atoms with van der Waals surface area (Å²) in [4.78, 5) is 151. The average Bonchev–Trinajstić information content (AvgIpc) is 1.62. The minimum Gasteiger partial charge on any atom is -0.389 e. The molecule has 0 spiro atoms. The molecule has 0 unspecified atom stereocenters. The van der Waals surface area contributed by atoms with E-state index < -0.39 is 71.0 Å². The van der Waals surface area contributed by atoms with Crippen molar-refractivity contribution in [1.82, 2.24) is 80.7 Å². The lowest BCUT2D eigenvalue weighted by molar-refractivity contribution is 0.0117. The highest BCUT2D eigenvalue weighted by atomic mass is 32.1. The fourth-order valence-electron chi connectivity index (χ4n) is 17.0. The number of aliphatic hydroxyl groups is 4. The summed E-state index contributed by atoms with van der Waals surface area (Å²) >= 11 is 4.59. The molecule has 2 bridgehead atoms. The number of carbonyl (C=O) groups is 8. The predicted molar refractivity (Wildman–Crippen MR) is 546 cm³/mol. The van der Waals surface area contributed by atoms with Gasteiger partial charge in [-0.25, -0.2) is 48.7 Å². The lowest BCUT2D eigenvalue weighted by Gasteiger charge is -2.33. The van der Waals surface area contributed by atoms with Crippen molar-refractivity contribution >= 4 is 116 Å². The van der Waals surface area contributed by atoms with Crippen molar-refractivity contribution in [2.75, 3.05) is 67.1 Å². The maximum absolute atomic E-state index is 14.0. The van der Waals surface area contributed by atoms with Gasteiger partial charge < -0.3 is 82.6 Å². The maximum Gasteiger partial charge on any atom is 0.280 e. The molecular weight excluding hydrogens is 1850 g/mol. The zero-order valence-electron chi connectivity index (χ0n) is 85.1. The summed E-state index contributed by atoms with van der Waals surface area (Å²) in [7, 11) is 0. The van der Waals surface area contributed by atoms with Crippen LogP contribution in [0.25, 0.3) is 41.8 Å². The van der Waals surface area contributed by atoms with Crippen molar-refractivity contribution in [2.24, 2.45) is 5.92 Å². The van der Waals surface area contributed by atoms with Crippen LogP contribution < -0.4 is 42.5 Å². The van der Waals surface area contributed by atoms with Crippen molar-refractivity contribution in [3.63, 3.8) is 0 Å². The normalized spacial score (nSPS) is 18.6. The molecule has 8 aromatic rings. The second kappa shape index (κ2) is 44.9. The summed E-state index contributed by atoms with van der Waals surface area (Å²) in [5, 5.41) is 65.0. The van der Waals surface area contributed by atoms with E-state index in [0.717, 1.165) is 150 Å². The largest absolute Gasteiger partial charge is 0.389 e. The Morgan fingerprint density at radius 1 is 0.424 bits per heavy atom. The number of nitrogens with zero attached hydrogens (tertiary/aromatic N) is 12. The van der Waals surface area contributed by atoms with Gasteiger partial charge in [-0.2, -0.15) is 0 Å². The molecule has 139 heavy (non-hydrogen) atoms. The van der Waals surface area contributed by atoms with Gasteiger partial charge in [0.05, 0.1) is 48.5 Å².